The quantitative estimate of drug-likeness (QED) is 0.667. The van der Waals surface area contributed by atoms with E-state index in [0.29, 0.717) is 37.1 Å². The number of carbonyl (C=O) groups excluding carboxylic acids is 1. The molecule has 2 N–H and O–H groups in total. The van der Waals surface area contributed by atoms with Gasteiger partial charge in [0, 0.05) is 35.4 Å². The molecule has 0 aromatic heterocycles. The third-order valence-electron chi connectivity index (χ3n) is 7.98. The molecule has 2 saturated heterocycles. The Kier molecular flexibility index (Phi) is 6.20. The van der Waals surface area contributed by atoms with Crippen LogP contribution in [-0.4, -0.2) is 48.7 Å². The van der Waals surface area contributed by atoms with Crippen LogP contribution in [0.3, 0.4) is 0 Å². The minimum absolute atomic E-state index is 0.0886. The molecule has 2 aromatic rings. The lowest BCUT2D eigenvalue weighted by atomic mass is 9.83. The van der Waals surface area contributed by atoms with Crippen molar-refractivity contribution >= 4 is 23.3 Å². The van der Waals surface area contributed by atoms with Crippen molar-refractivity contribution in [3.05, 3.63) is 59.2 Å². The van der Waals surface area contributed by atoms with Gasteiger partial charge in [0.1, 0.15) is 6.61 Å². The Morgan fingerprint density at radius 1 is 1.14 bits per heavy atom. The predicted molar refractivity (Wildman–Crippen MR) is 137 cm³/mol. The van der Waals surface area contributed by atoms with Crippen molar-refractivity contribution in [2.75, 3.05) is 30.4 Å². The van der Waals surface area contributed by atoms with Crippen molar-refractivity contribution in [2.45, 2.75) is 63.8 Å². The molecule has 2 fully saturated rings. The highest BCUT2D eigenvalue weighted by atomic mass is 16.5. The number of carbonyl (C=O) groups is 1. The summed E-state index contributed by atoms with van der Waals surface area (Å²) in [6.45, 7) is 5.30. The number of nitrogens with one attached hydrogen (secondary N) is 2. The Hall–Kier alpha value is -2.90. The van der Waals surface area contributed by atoms with Gasteiger partial charge >= 0.3 is 0 Å². The monoisotopic (exact) mass is 474 g/mol. The second kappa shape index (κ2) is 9.63. The van der Waals surface area contributed by atoms with Crippen LogP contribution in [0.2, 0.25) is 0 Å². The minimum atomic E-state index is 0.0886. The molecule has 2 aromatic carbocycles. The average molecular weight is 475 g/mol. The fourth-order valence-corrected chi connectivity index (χ4v) is 6.35. The van der Waals surface area contributed by atoms with Crippen LogP contribution in [0.5, 0.6) is 0 Å². The zero-order valence-electron chi connectivity index (χ0n) is 20.3. The number of aliphatic imine (C=N–C) groups is 1. The number of ether oxygens (including phenoxy) is 2. The number of aryl methyl sites for hydroxylation is 1. The number of fused-ring (bicyclic) bond motifs is 4. The van der Waals surface area contributed by atoms with Crippen LogP contribution < -0.4 is 10.6 Å². The first-order valence-electron chi connectivity index (χ1n) is 13.0. The first-order chi connectivity index (χ1) is 17.2. The Labute approximate surface area is 206 Å². The van der Waals surface area contributed by atoms with Crippen LogP contribution in [0.1, 0.15) is 55.3 Å². The Bertz CT molecular complexity index is 1120. The van der Waals surface area contributed by atoms with E-state index in [1.165, 1.54) is 11.1 Å². The van der Waals surface area contributed by atoms with Crippen LogP contribution >= 0.6 is 0 Å². The number of amides is 1. The molecule has 7 heteroatoms. The summed E-state index contributed by atoms with van der Waals surface area (Å²) in [6.07, 6.45) is 4.71. The zero-order chi connectivity index (χ0) is 23.8. The summed E-state index contributed by atoms with van der Waals surface area (Å²) in [4.78, 5) is 20.2. The number of likely N-dealkylation sites (N-methyl/N-ethyl adjacent to an activating group) is 1. The lowest BCUT2D eigenvalue weighted by Gasteiger charge is -2.48. The molecule has 3 atom stereocenters. The van der Waals surface area contributed by atoms with Gasteiger partial charge in [0.25, 0.3) is 6.02 Å². The molecule has 0 saturated carbocycles. The number of morpholine rings is 1. The average Bonchev–Trinajstić information content (AvgIpc) is 3.26. The fourth-order valence-electron chi connectivity index (χ4n) is 6.35. The van der Waals surface area contributed by atoms with Crippen LogP contribution in [0, 0.1) is 5.92 Å². The number of nitrogens with zero attached hydrogens (tertiary/aromatic N) is 2. The SMILES string of the molecule is CCN1C2COCC1CC(CC(=O)Nc1ccc3c(c1)COC(=NC1CCc4ccccc41)N3)C2. The third kappa shape index (κ3) is 4.67. The van der Waals surface area contributed by atoms with Gasteiger partial charge in [-0.25, -0.2) is 4.99 Å². The molecule has 6 rings (SSSR count). The predicted octanol–water partition coefficient (Wildman–Crippen LogP) is 4.50. The van der Waals surface area contributed by atoms with E-state index in [4.69, 9.17) is 14.5 Å². The van der Waals surface area contributed by atoms with E-state index in [1.54, 1.807) is 0 Å². The Morgan fingerprint density at radius 3 is 2.80 bits per heavy atom. The molecular weight excluding hydrogens is 440 g/mol. The van der Waals surface area contributed by atoms with Crippen molar-refractivity contribution in [1.29, 1.82) is 0 Å². The first kappa shape index (κ1) is 22.6. The first-order valence-corrected chi connectivity index (χ1v) is 13.0. The molecule has 35 heavy (non-hydrogen) atoms. The van der Waals surface area contributed by atoms with Crippen molar-refractivity contribution in [2.24, 2.45) is 10.9 Å². The second-order valence-corrected chi connectivity index (χ2v) is 10.2. The maximum absolute atomic E-state index is 12.8. The highest BCUT2D eigenvalue weighted by Gasteiger charge is 2.38. The number of hydrogen-bond acceptors (Lipinski definition) is 5. The molecule has 1 amide bonds. The van der Waals surface area contributed by atoms with Gasteiger partial charge in [0.05, 0.1) is 19.3 Å². The fraction of sp³-hybridized carbons (Fsp3) is 0.500. The van der Waals surface area contributed by atoms with Crippen LogP contribution in [0.25, 0.3) is 0 Å². The lowest BCUT2D eigenvalue weighted by molar-refractivity contribution is -0.120. The molecule has 1 aliphatic carbocycles. The van der Waals surface area contributed by atoms with Crippen molar-refractivity contribution < 1.29 is 14.3 Å². The Balaban J connectivity index is 1.06. The topological polar surface area (TPSA) is 75.2 Å². The molecular formula is C28H34N4O3. The lowest BCUT2D eigenvalue weighted by Crippen LogP contribution is -2.56. The van der Waals surface area contributed by atoms with Gasteiger partial charge in [-0.1, -0.05) is 31.2 Å². The highest BCUT2D eigenvalue weighted by molar-refractivity contribution is 5.94. The summed E-state index contributed by atoms with van der Waals surface area (Å²) in [5.41, 5.74) is 5.51. The van der Waals surface area contributed by atoms with E-state index >= 15 is 0 Å². The molecule has 4 aliphatic rings. The normalized spacial score (nSPS) is 28.5. The van der Waals surface area contributed by atoms with Gasteiger partial charge < -0.3 is 20.1 Å². The number of amidine groups is 1. The molecule has 0 spiro atoms. The van der Waals surface area contributed by atoms with Gasteiger partial charge in [0.2, 0.25) is 5.91 Å². The number of piperidine rings is 1. The minimum Gasteiger partial charge on any atom is -0.460 e. The highest BCUT2D eigenvalue weighted by Crippen LogP contribution is 2.35. The van der Waals surface area contributed by atoms with E-state index in [1.807, 2.05) is 18.2 Å². The summed E-state index contributed by atoms with van der Waals surface area (Å²) in [7, 11) is 0. The standard InChI is InChI=1S/C28H34N4O3/c1-2-32-22-11-18(12-23(32)17-34-16-22)13-27(33)29-21-8-10-25-20(14-21)15-35-28(30-25)31-26-9-7-19-5-3-4-6-24(19)26/h3-6,8,10,14,18,22-23,26H,2,7,9,11-13,15-17H2,1H3,(H,29,33)(H,30,31). The number of benzene rings is 2. The van der Waals surface area contributed by atoms with Gasteiger partial charge in [-0.3, -0.25) is 9.69 Å². The van der Waals surface area contributed by atoms with Crippen LogP contribution in [0.15, 0.2) is 47.5 Å². The molecule has 3 unspecified atom stereocenters. The second-order valence-electron chi connectivity index (χ2n) is 10.2. The third-order valence-corrected chi connectivity index (χ3v) is 7.98. The van der Waals surface area contributed by atoms with E-state index < -0.39 is 0 Å². The molecule has 0 radical (unpaired) electrons. The van der Waals surface area contributed by atoms with E-state index in [0.717, 1.165) is 62.4 Å². The summed E-state index contributed by atoms with van der Waals surface area (Å²) in [6, 6.07) is 16.1. The summed E-state index contributed by atoms with van der Waals surface area (Å²) in [5, 5.41) is 6.45. The molecule has 7 nitrogen and oxygen atoms in total. The van der Waals surface area contributed by atoms with Gasteiger partial charge in [-0.05, 0) is 67.5 Å². The van der Waals surface area contributed by atoms with Gasteiger partial charge in [-0.2, -0.15) is 0 Å². The maximum Gasteiger partial charge on any atom is 0.290 e. The number of rotatable bonds is 5. The maximum atomic E-state index is 12.8. The number of anilines is 2. The molecule has 2 bridgehead atoms. The zero-order valence-corrected chi connectivity index (χ0v) is 20.3. The van der Waals surface area contributed by atoms with Crippen LogP contribution in [0.4, 0.5) is 11.4 Å². The van der Waals surface area contributed by atoms with E-state index in [2.05, 4.69) is 46.7 Å². The van der Waals surface area contributed by atoms with E-state index in [9.17, 15) is 4.79 Å². The van der Waals surface area contributed by atoms with Crippen molar-refractivity contribution in [3.8, 4) is 0 Å². The number of hydrogen-bond donors (Lipinski definition) is 2. The van der Waals surface area contributed by atoms with Crippen LogP contribution in [-0.2, 0) is 27.3 Å². The van der Waals surface area contributed by atoms with Crippen molar-refractivity contribution in [3.63, 3.8) is 0 Å². The van der Waals surface area contributed by atoms with E-state index in [-0.39, 0.29) is 11.9 Å². The summed E-state index contributed by atoms with van der Waals surface area (Å²) >= 11 is 0. The summed E-state index contributed by atoms with van der Waals surface area (Å²) in [5.74, 6) is 0.504. The van der Waals surface area contributed by atoms with Gasteiger partial charge in [0.15, 0.2) is 0 Å². The summed E-state index contributed by atoms with van der Waals surface area (Å²) < 4.78 is 11.7. The Morgan fingerprint density at radius 2 is 1.97 bits per heavy atom. The molecule has 3 aliphatic heterocycles. The largest absolute Gasteiger partial charge is 0.460 e. The molecule has 184 valence electrons. The van der Waals surface area contributed by atoms with Gasteiger partial charge in [-0.15, -0.1) is 0 Å². The van der Waals surface area contributed by atoms with Crippen molar-refractivity contribution in [1.82, 2.24) is 4.90 Å². The molecule has 3 heterocycles. The smallest absolute Gasteiger partial charge is 0.290 e.